The van der Waals surface area contributed by atoms with Gasteiger partial charge in [0.1, 0.15) is 0 Å². The maximum absolute atomic E-state index is 4.08. The molecule has 0 N–H and O–H groups in total. The van der Waals surface area contributed by atoms with Gasteiger partial charge in [0, 0.05) is 5.59 Å². The largest absolute Gasteiger partial charge is 0.236 e. The van der Waals surface area contributed by atoms with Gasteiger partial charge in [-0.1, -0.05) is 11.8 Å². The van der Waals surface area contributed by atoms with Crippen LogP contribution in [0.4, 0.5) is 0 Å². The molecule has 0 bridgehead atoms. The highest BCUT2D eigenvalue weighted by Gasteiger charge is 1.91. The molecule has 1 aromatic heterocycles. The van der Waals surface area contributed by atoms with Gasteiger partial charge in [0.05, 0.1) is 6.20 Å². The summed E-state index contributed by atoms with van der Waals surface area (Å²) < 4.78 is 0. The first kappa shape index (κ1) is 6.54. The fourth-order valence-corrected chi connectivity index (χ4v) is 0.814. The molecule has 9 heavy (non-hydrogen) atoms. The van der Waals surface area contributed by atoms with Crippen LogP contribution < -0.4 is 5.59 Å². The monoisotopic (exact) mass is 139 g/mol. The molecule has 1 rings (SSSR count). The maximum Gasteiger partial charge on any atom is 0.208 e. The van der Waals surface area contributed by atoms with Crippen molar-refractivity contribution in [3.63, 3.8) is 0 Å². The predicted molar refractivity (Wildman–Crippen MR) is 39.8 cm³/mol. The highest BCUT2D eigenvalue weighted by Crippen LogP contribution is 2.01. The topological polar surface area (TPSA) is 38.7 Å². The molecule has 0 fully saturated rings. The fourth-order valence-electron chi connectivity index (χ4n) is 0.450. The predicted octanol–water partition coefficient (Wildman–Crippen LogP) is -1.15. The summed E-state index contributed by atoms with van der Waals surface area (Å²) in [6.45, 7) is 0. The first-order chi connectivity index (χ1) is 4.33. The highest BCUT2D eigenvalue weighted by atomic mass is 32.2. The minimum atomic E-state index is 0.731. The van der Waals surface area contributed by atoms with E-state index < -0.39 is 0 Å². The number of rotatable bonds is 1. The molecular weight excluding hydrogens is 133 g/mol. The molecule has 0 unspecified atom stereocenters. The molecule has 3 nitrogen and oxygen atoms in total. The lowest BCUT2D eigenvalue weighted by Crippen LogP contribution is -2.10. The van der Waals surface area contributed by atoms with Crippen molar-refractivity contribution in [2.45, 2.75) is 5.16 Å². The van der Waals surface area contributed by atoms with Crippen LogP contribution in [-0.4, -0.2) is 29.3 Å². The summed E-state index contributed by atoms with van der Waals surface area (Å²) in [6, 6.07) is 0. The van der Waals surface area contributed by atoms with Crippen molar-refractivity contribution < 1.29 is 0 Å². The van der Waals surface area contributed by atoms with Gasteiger partial charge in [0.15, 0.2) is 7.85 Å². The van der Waals surface area contributed by atoms with Gasteiger partial charge in [-0.3, -0.25) is 0 Å². The minimum Gasteiger partial charge on any atom is -0.236 e. The standard InChI is InChI=1S/C4H6BN3S/c1-9-4-7-3(5)2-6-8-4/h2H,5H2,1H3. The van der Waals surface area contributed by atoms with Crippen molar-refractivity contribution in [1.82, 2.24) is 15.2 Å². The first-order valence-electron chi connectivity index (χ1n) is 2.53. The van der Waals surface area contributed by atoms with E-state index in [0.717, 1.165) is 10.7 Å². The van der Waals surface area contributed by atoms with Crippen molar-refractivity contribution in [3.8, 4) is 0 Å². The van der Waals surface area contributed by atoms with Crippen LogP contribution in [0.1, 0.15) is 0 Å². The molecular formula is C4H6BN3S. The lowest BCUT2D eigenvalue weighted by molar-refractivity contribution is 0.856. The Hall–Kier alpha value is -0.575. The maximum atomic E-state index is 4.08. The zero-order valence-corrected chi connectivity index (χ0v) is 6.14. The van der Waals surface area contributed by atoms with Crippen LogP contribution in [0, 0.1) is 0 Å². The van der Waals surface area contributed by atoms with Crippen molar-refractivity contribution >= 4 is 25.2 Å². The van der Waals surface area contributed by atoms with E-state index in [9.17, 15) is 0 Å². The molecule has 0 aliphatic rings. The molecule has 0 atom stereocenters. The van der Waals surface area contributed by atoms with E-state index in [1.165, 1.54) is 11.8 Å². The highest BCUT2D eigenvalue weighted by molar-refractivity contribution is 7.98. The Morgan fingerprint density at radius 2 is 2.44 bits per heavy atom. The summed E-state index contributed by atoms with van der Waals surface area (Å²) >= 11 is 1.50. The second kappa shape index (κ2) is 2.82. The average Bonchev–Trinajstić information content (AvgIpc) is 1.88. The second-order valence-corrected chi connectivity index (χ2v) is 2.36. The Labute approximate surface area is 58.7 Å². The average molecular weight is 139 g/mol. The quantitative estimate of drug-likeness (QED) is 0.363. The Kier molecular flexibility index (Phi) is 2.05. The Morgan fingerprint density at radius 3 is 2.89 bits per heavy atom. The number of hydrogen-bond acceptors (Lipinski definition) is 4. The van der Waals surface area contributed by atoms with E-state index in [1.54, 1.807) is 6.20 Å². The Morgan fingerprint density at radius 1 is 1.67 bits per heavy atom. The first-order valence-corrected chi connectivity index (χ1v) is 3.75. The van der Waals surface area contributed by atoms with Crippen LogP contribution in [0.2, 0.25) is 0 Å². The zero-order chi connectivity index (χ0) is 6.69. The van der Waals surface area contributed by atoms with Crippen LogP contribution >= 0.6 is 11.8 Å². The molecule has 1 aromatic rings. The molecule has 0 aliphatic heterocycles. The van der Waals surface area contributed by atoms with Gasteiger partial charge >= 0.3 is 0 Å². The molecule has 46 valence electrons. The lowest BCUT2D eigenvalue weighted by Gasteiger charge is -1.91. The van der Waals surface area contributed by atoms with Gasteiger partial charge in [-0.05, 0) is 6.26 Å². The normalized spacial score (nSPS) is 9.44. The molecule has 0 radical (unpaired) electrons. The zero-order valence-electron chi connectivity index (χ0n) is 5.33. The Balaban J connectivity index is 2.94. The molecule has 0 saturated heterocycles. The van der Waals surface area contributed by atoms with E-state index in [4.69, 9.17) is 0 Å². The van der Waals surface area contributed by atoms with Gasteiger partial charge < -0.3 is 0 Å². The summed E-state index contributed by atoms with van der Waals surface area (Å²) in [7, 11) is 1.90. The van der Waals surface area contributed by atoms with Crippen LogP contribution in [-0.2, 0) is 0 Å². The molecule has 0 saturated carbocycles. The Bertz CT molecular complexity index is 205. The van der Waals surface area contributed by atoms with Gasteiger partial charge in [-0.15, -0.1) is 5.10 Å². The van der Waals surface area contributed by atoms with Crippen LogP contribution in [0.25, 0.3) is 0 Å². The van der Waals surface area contributed by atoms with E-state index in [2.05, 4.69) is 15.2 Å². The lowest BCUT2D eigenvalue weighted by atomic mass is 10.1. The third-order valence-corrected chi connectivity index (χ3v) is 1.38. The summed E-state index contributed by atoms with van der Waals surface area (Å²) in [4.78, 5) is 4.08. The third kappa shape index (κ3) is 1.67. The van der Waals surface area contributed by atoms with E-state index in [1.807, 2.05) is 14.1 Å². The van der Waals surface area contributed by atoms with Crippen LogP contribution in [0.3, 0.4) is 0 Å². The van der Waals surface area contributed by atoms with E-state index in [0.29, 0.717) is 0 Å². The van der Waals surface area contributed by atoms with Crippen molar-refractivity contribution in [2.75, 3.05) is 6.26 Å². The summed E-state index contributed by atoms with van der Waals surface area (Å²) in [5.74, 6) is 0. The van der Waals surface area contributed by atoms with E-state index >= 15 is 0 Å². The molecule has 0 amide bonds. The number of thioether (sulfide) groups is 1. The molecule has 0 aromatic carbocycles. The second-order valence-electron chi connectivity index (χ2n) is 1.58. The molecule has 1 heterocycles. The number of hydrogen-bond donors (Lipinski definition) is 0. The SMILES string of the molecule is Bc1cnnc(SC)n1. The van der Waals surface area contributed by atoms with Crippen LogP contribution in [0.15, 0.2) is 11.4 Å². The number of aromatic nitrogens is 3. The molecule has 5 heteroatoms. The third-order valence-electron chi connectivity index (χ3n) is 0.842. The summed E-state index contributed by atoms with van der Waals surface area (Å²) in [6.07, 6.45) is 3.57. The van der Waals surface area contributed by atoms with E-state index in [-0.39, 0.29) is 0 Å². The van der Waals surface area contributed by atoms with Crippen molar-refractivity contribution in [1.29, 1.82) is 0 Å². The summed E-state index contributed by atoms with van der Waals surface area (Å²) in [5.41, 5.74) is 0.911. The minimum absolute atomic E-state index is 0.731. The number of nitrogens with zero attached hydrogens (tertiary/aromatic N) is 3. The van der Waals surface area contributed by atoms with Crippen LogP contribution in [0.5, 0.6) is 0 Å². The molecule has 0 spiro atoms. The van der Waals surface area contributed by atoms with Gasteiger partial charge in [-0.2, -0.15) is 5.10 Å². The summed E-state index contributed by atoms with van der Waals surface area (Å²) in [5, 5.41) is 8.21. The van der Waals surface area contributed by atoms with Gasteiger partial charge in [0.25, 0.3) is 0 Å². The van der Waals surface area contributed by atoms with Crippen molar-refractivity contribution in [2.24, 2.45) is 0 Å². The molecule has 0 aliphatic carbocycles. The van der Waals surface area contributed by atoms with Gasteiger partial charge in [0.2, 0.25) is 5.16 Å². The smallest absolute Gasteiger partial charge is 0.208 e. The van der Waals surface area contributed by atoms with Gasteiger partial charge in [-0.25, -0.2) is 4.98 Å². The van der Waals surface area contributed by atoms with Crippen molar-refractivity contribution in [3.05, 3.63) is 6.20 Å². The fraction of sp³-hybridized carbons (Fsp3) is 0.250.